The molecule has 0 radical (unpaired) electrons. The number of nitrogens with zero attached hydrogens (tertiary/aromatic N) is 2. The van der Waals surface area contributed by atoms with Gasteiger partial charge < -0.3 is 9.88 Å². The normalized spacial score (nSPS) is 17.4. The zero-order valence-electron chi connectivity index (χ0n) is 9.27. The second-order valence-electron chi connectivity index (χ2n) is 4.26. The van der Waals surface area contributed by atoms with Crippen LogP contribution in [-0.2, 0) is 0 Å². The summed E-state index contributed by atoms with van der Waals surface area (Å²) in [6.45, 7) is 3.93. The maximum Gasteiger partial charge on any atom is 0.263 e. The fraction of sp³-hybridized carbons (Fsp3) is 0.545. The van der Waals surface area contributed by atoms with Crippen LogP contribution in [0.3, 0.4) is 0 Å². The third-order valence-corrected chi connectivity index (χ3v) is 3.07. The lowest BCUT2D eigenvalue weighted by Gasteiger charge is -2.31. The van der Waals surface area contributed by atoms with E-state index in [-0.39, 0.29) is 11.1 Å². The van der Waals surface area contributed by atoms with Gasteiger partial charge in [-0.05, 0) is 18.8 Å². The Kier molecular flexibility index (Phi) is 3.03. The van der Waals surface area contributed by atoms with Crippen molar-refractivity contribution in [1.29, 1.82) is 0 Å². The van der Waals surface area contributed by atoms with Crippen molar-refractivity contribution in [2.24, 2.45) is 5.92 Å². The smallest absolute Gasteiger partial charge is 0.263 e. The monoisotopic (exact) mass is 221 g/mol. The first-order valence-electron chi connectivity index (χ1n) is 5.50. The molecule has 1 aromatic rings. The Labute approximate surface area is 93.5 Å². The predicted molar refractivity (Wildman–Crippen MR) is 60.9 cm³/mol. The number of anilines is 1. The van der Waals surface area contributed by atoms with Gasteiger partial charge in [0.2, 0.25) is 0 Å². The van der Waals surface area contributed by atoms with E-state index >= 15 is 0 Å². The van der Waals surface area contributed by atoms with Gasteiger partial charge in [0.25, 0.3) is 5.56 Å². The average molecular weight is 221 g/mol. The van der Waals surface area contributed by atoms with Gasteiger partial charge in [0.1, 0.15) is 11.4 Å². The van der Waals surface area contributed by atoms with Crippen molar-refractivity contribution in [3.05, 3.63) is 22.2 Å². The van der Waals surface area contributed by atoms with Crippen LogP contribution in [0.1, 0.15) is 30.1 Å². The van der Waals surface area contributed by atoms with Crippen molar-refractivity contribution >= 4 is 12.1 Å². The molecule has 0 bridgehead atoms. The molecule has 86 valence electrons. The van der Waals surface area contributed by atoms with Crippen molar-refractivity contribution in [2.45, 2.75) is 19.8 Å². The van der Waals surface area contributed by atoms with Gasteiger partial charge in [0, 0.05) is 13.1 Å². The third kappa shape index (κ3) is 1.98. The molecule has 0 aromatic carbocycles. The molecule has 5 heteroatoms. The minimum atomic E-state index is -0.362. The fourth-order valence-corrected chi connectivity index (χ4v) is 1.98. The van der Waals surface area contributed by atoms with E-state index in [9.17, 15) is 9.59 Å². The zero-order valence-corrected chi connectivity index (χ0v) is 9.27. The van der Waals surface area contributed by atoms with Gasteiger partial charge >= 0.3 is 0 Å². The summed E-state index contributed by atoms with van der Waals surface area (Å²) < 4.78 is 0. The molecule has 1 aromatic heterocycles. The minimum Gasteiger partial charge on any atom is -0.356 e. The largest absolute Gasteiger partial charge is 0.356 e. The quantitative estimate of drug-likeness (QED) is 0.751. The van der Waals surface area contributed by atoms with E-state index in [2.05, 4.69) is 16.9 Å². The Hall–Kier alpha value is -1.65. The molecule has 0 atom stereocenters. The molecule has 1 aliphatic heterocycles. The molecule has 0 amide bonds. The summed E-state index contributed by atoms with van der Waals surface area (Å²) in [5, 5.41) is 0. The maximum absolute atomic E-state index is 11.4. The van der Waals surface area contributed by atoms with E-state index in [0.717, 1.165) is 25.9 Å². The Balaban J connectivity index is 2.30. The van der Waals surface area contributed by atoms with E-state index in [1.54, 1.807) is 0 Å². The molecule has 16 heavy (non-hydrogen) atoms. The molecule has 1 aliphatic rings. The first kappa shape index (κ1) is 10.9. The Morgan fingerprint density at radius 2 is 2.19 bits per heavy atom. The van der Waals surface area contributed by atoms with Gasteiger partial charge in [-0.3, -0.25) is 9.59 Å². The Morgan fingerprint density at radius 3 is 2.81 bits per heavy atom. The standard InChI is InChI=1S/C11H15N3O2/c1-8-2-4-14(5-3-8)10-9(6-15)11(16)13-7-12-10/h6-8H,2-5H2,1H3,(H,12,13,16). The number of carbonyl (C=O) groups excluding carboxylic acids is 1. The van der Waals surface area contributed by atoms with Gasteiger partial charge in [0.05, 0.1) is 6.33 Å². The summed E-state index contributed by atoms with van der Waals surface area (Å²) in [5.74, 6) is 1.23. The average Bonchev–Trinajstić information content (AvgIpc) is 2.30. The highest BCUT2D eigenvalue weighted by atomic mass is 16.1. The molecule has 2 rings (SSSR count). The topological polar surface area (TPSA) is 66.1 Å². The van der Waals surface area contributed by atoms with Crippen molar-refractivity contribution in [3.63, 3.8) is 0 Å². The van der Waals surface area contributed by atoms with Crippen LogP contribution < -0.4 is 10.5 Å². The van der Waals surface area contributed by atoms with Crippen LogP contribution in [0.5, 0.6) is 0 Å². The van der Waals surface area contributed by atoms with Crippen molar-refractivity contribution in [3.8, 4) is 0 Å². The van der Waals surface area contributed by atoms with E-state index in [4.69, 9.17) is 0 Å². The second kappa shape index (κ2) is 4.47. The molecule has 0 spiro atoms. The molecular weight excluding hydrogens is 206 g/mol. The third-order valence-electron chi connectivity index (χ3n) is 3.07. The molecule has 5 nitrogen and oxygen atoms in total. The van der Waals surface area contributed by atoms with Crippen LogP contribution in [0.2, 0.25) is 0 Å². The van der Waals surface area contributed by atoms with Crippen molar-refractivity contribution < 1.29 is 4.79 Å². The maximum atomic E-state index is 11.4. The summed E-state index contributed by atoms with van der Waals surface area (Å²) in [4.78, 5) is 30.8. The predicted octanol–water partition coefficient (Wildman–Crippen LogP) is 0.819. The van der Waals surface area contributed by atoms with Crippen LogP contribution in [-0.4, -0.2) is 29.3 Å². The summed E-state index contributed by atoms with van der Waals surface area (Å²) in [6, 6.07) is 0. The lowest BCUT2D eigenvalue weighted by Crippen LogP contribution is -2.35. The van der Waals surface area contributed by atoms with Crippen molar-refractivity contribution in [2.75, 3.05) is 18.0 Å². The van der Waals surface area contributed by atoms with Gasteiger partial charge in [-0.2, -0.15) is 0 Å². The second-order valence-corrected chi connectivity index (χ2v) is 4.26. The highest BCUT2D eigenvalue weighted by molar-refractivity contribution is 5.82. The first-order chi connectivity index (χ1) is 7.72. The Bertz CT molecular complexity index is 433. The molecule has 0 aliphatic carbocycles. The number of aromatic nitrogens is 2. The number of aromatic amines is 1. The number of rotatable bonds is 2. The number of hydrogen-bond acceptors (Lipinski definition) is 4. The van der Waals surface area contributed by atoms with Gasteiger partial charge in [-0.1, -0.05) is 6.92 Å². The van der Waals surface area contributed by atoms with E-state index in [1.165, 1.54) is 6.33 Å². The van der Waals surface area contributed by atoms with Crippen LogP contribution in [0.4, 0.5) is 5.82 Å². The van der Waals surface area contributed by atoms with E-state index in [0.29, 0.717) is 18.0 Å². The fourth-order valence-electron chi connectivity index (χ4n) is 1.98. The van der Waals surface area contributed by atoms with Crippen LogP contribution in [0.25, 0.3) is 0 Å². The highest BCUT2D eigenvalue weighted by Gasteiger charge is 2.20. The summed E-state index contributed by atoms with van der Waals surface area (Å²) >= 11 is 0. The molecular formula is C11H15N3O2. The van der Waals surface area contributed by atoms with Gasteiger partial charge in [-0.15, -0.1) is 0 Å². The van der Waals surface area contributed by atoms with Crippen LogP contribution in [0, 0.1) is 5.92 Å². The lowest BCUT2D eigenvalue weighted by atomic mass is 9.99. The summed E-state index contributed by atoms with van der Waals surface area (Å²) in [7, 11) is 0. The van der Waals surface area contributed by atoms with E-state index < -0.39 is 0 Å². The highest BCUT2D eigenvalue weighted by Crippen LogP contribution is 2.21. The molecule has 1 fully saturated rings. The first-order valence-corrected chi connectivity index (χ1v) is 5.50. The van der Waals surface area contributed by atoms with E-state index in [1.807, 2.05) is 4.90 Å². The molecule has 1 N–H and O–H groups in total. The van der Waals surface area contributed by atoms with Crippen LogP contribution in [0.15, 0.2) is 11.1 Å². The molecule has 0 saturated carbocycles. The number of nitrogens with one attached hydrogen (secondary N) is 1. The number of hydrogen-bond donors (Lipinski definition) is 1. The van der Waals surface area contributed by atoms with Crippen LogP contribution >= 0.6 is 0 Å². The summed E-state index contributed by atoms with van der Waals surface area (Å²) in [6.07, 6.45) is 4.08. The van der Waals surface area contributed by atoms with Gasteiger partial charge in [-0.25, -0.2) is 4.98 Å². The zero-order chi connectivity index (χ0) is 11.5. The summed E-state index contributed by atoms with van der Waals surface area (Å²) in [5.41, 5.74) is -0.226. The molecule has 1 saturated heterocycles. The SMILES string of the molecule is CC1CCN(c2nc[nH]c(=O)c2C=O)CC1. The number of carbonyl (C=O) groups is 1. The minimum absolute atomic E-state index is 0.136. The van der Waals surface area contributed by atoms with Gasteiger partial charge in [0.15, 0.2) is 6.29 Å². The van der Waals surface area contributed by atoms with Crippen molar-refractivity contribution in [1.82, 2.24) is 9.97 Å². The number of H-pyrrole nitrogens is 1. The molecule has 0 unspecified atom stereocenters. The Morgan fingerprint density at radius 1 is 1.50 bits per heavy atom. The number of piperidine rings is 1. The molecule has 2 heterocycles. The number of aldehydes is 1. The lowest BCUT2D eigenvalue weighted by molar-refractivity contribution is 0.112.